The summed E-state index contributed by atoms with van der Waals surface area (Å²) in [5, 5.41) is 0. The van der Waals surface area contributed by atoms with Crippen molar-refractivity contribution in [2.45, 2.75) is 44.0 Å². The topological polar surface area (TPSA) is 87.2 Å². The number of carbonyl (C=O) groups is 2. The minimum atomic E-state index is -3.65. The highest BCUT2D eigenvalue weighted by Crippen LogP contribution is 2.41. The number of ether oxygens (including phenoxy) is 1. The molecule has 0 radical (unpaired) electrons. The van der Waals surface area contributed by atoms with Crippen LogP contribution in [0.1, 0.15) is 31.4 Å². The lowest BCUT2D eigenvalue weighted by atomic mass is 10.00. The minimum Gasteiger partial charge on any atom is -0.372 e. The molecule has 2 amide bonds. The van der Waals surface area contributed by atoms with Crippen molar-refractivity contribution in [1.82, 2.24) is 9.21 Å². The van der Waals surface area contributed by atoms with Gasteiger partial charge in [-0.25, -0.2) is 8.42 Å². The van der Waals surface area contributed by atoms with Crippen molar-refractivity contribution < 1.29 is 22.7 Å². The summed E-state index contributed by atoms with van der Waals surface area (Å²) < 4.78 is 33.1. The molecule has 8 nitrogen and oxygen atoms in total. The standard InChI is InChI=1S/C20H27N3O5S/c1-3-28-13-19(25)21-6-8-22(9-7-21)29(26,27)17-11-15-4-5-18(24)23-14(2)10-16(12-17)20(15)23/h11-12,14H,3-10,13H2,1-2H3/t14-/m1/s1. The molecule has 158 valence electrons. The lowest BCUT2D eigenvalue weighted by Crippen LogP contribution is -2.51. The van der Waals surface area contributed by atoms with E-state index in [1.54, 1.807) is 17.0 Å². The van der Waals surface area contributed by atoms with Crippen molar-refractivity contribution in [3.8, 4) is 0 Å². The summed E-state index contributed by atoms with van der Waals surface area (Å²) in [4.78, 5) is 28.1. The molecule has 1 aromatic carbocycles. The first-order chi connectivity index (χ1) is 13.8. The zero-order chi connectivity index (χ0) is 20.8. The summed E-state index contributed by atoms with van der Waals surface area (Å²) in [5.74, 6) is 0.0109. The van der Waals surface area contributed by atoms with Crippen LogP contribution < -0.4 is 4.90 Å². The van der Waals surface area contributed by atoms with Gasteiger partial charge in [0.1, 0.15) is 6.61 Å². The lowest BCUT2D eigenvalue weighted by Gasteiger charge is -2.34. The van der Waals surface area contributed by atoms with E-state index in [-0.39, 0.29) is 37.6 Å². The number of rotatable bonds is 5. The SMILES string of the molecule is CCOCC(=O)N1CCN(S(=O)(=O)c2cc3c4c(c2)C[C@@H](C)N4C(=O)CC3)CC1. The summed E-state index contributed by atoms with van der Waals surface area (Å²) in [7, 11) is -3.65. The largest absolute Gasteiger partial charge is 0.372 e. The Kier molecular flexibility index (Phi) is 5.39. The van der Waals surface area contributed by atoms with Crippen LogP contribution in [-0.4, -0.2) is 74.9 Å². The van der Waals surface area contributed by atoms with Crippen LogP contribution in [0.15, 0.2) is 17.0 Å². The number of benzene rings is 1. The van der Waals surface area contributed by atoms with Crippen molar-refractivity contribution >= 4 is 27.5 Å². The quantitative estimate of drug-likeness (QED) is 0.701. The second-order valence-electron chi connectivity index (χ2n) is 7.83. The molecule has 4 rings (SSSR count). The monoisotopic (exact) mass is 421 g/mol. The maximum absolute atomic E-state index is 13.3. The minimum absolute atomic E-state index is 0.0326. The van der Waals surface area contributed by atoms with E-state index in [9.17, 15) is 18.0 Å². The molecule has 3 aliphatic heterocycles. The van der Waals surface area contributed by atoms with Crippen molar-refractivity contribution in [2.24, 2.45) is 0 Å². The van der Waals surface area contributed by atoms with Gasteiger partial charge in [0.05, 0.1) is 10.6 Å². The second kappa shape index (κ2) is 7.70. The van der Waals surface area contributed by atoms with Crippen LogP contribution >= 0.6 is 0 Å². The number of nitrogens with zero attached hydrogens (tertiary/aromatic N) is 3. The molecule has 0 unspecified atom stereocenters. The Morgan fingerprint density at radius 3 is 2.52 bits per heavy atom. The van der Waals surface area contributed by atoms with Crippen LogP contribution in [0.2, 0.25) is 0 Å². The van der Waals surface area contributed by atoms with E-state index < -0.39 is 10.0 Å². The van der Waals surface area contributed by atoms with Gasteiger partial charge < -0.3 is 14.5 Å². The summed E-state index contributed by atoms with van der Waals surface area (Å²) in [5.41, 5.74) is 2.79. The first-order valence-corrected chi connectivity index (χ1v) is 11.6. The average Bonchev–Trinajstić information content (AvgIpc) is 3.06. The van der Waals surface area contributed by atoms with Crippen LogP contribution in [0.3, 0.4) is 0 Å². The van der Waals surface area contributed by atoms with E-state index in [0.717, 1.165) is 16.8 Å². The average molecular weight is 422 g/mol. The summed E-state index contributed by atoms with van der Waals surface area (Å²) in [6.07, 6.45) is 1.67. The van der Waals surface area contributed by atoms with Gasteiger partial charge in [-0.15, -0.1) is 0 Å². The van der Waals surface area contributed by atoms with Crippen molar-refractivity contribution in [3.63, 3.8) is 0 Å². The maximum atomic E-state index is 13.3. The Bertz CT molecular complexity index is 938. The van der Waals surface area contributed by atoms with E-state index in [1.807, 2.05) is 18.7 Å². The predicted molar refractivity (Wildman–Crippen MR) is 107 cm³/mol. The number of hydrogen-bond acceptors (Lipinski definition) is 5. The van der Waals surface area contributed by atoms with Gasteiger partial charge in [-0.3, -0.25) is 9.59 Å². The fraction of sp³-hybridized carbons (Fsp3) is 0.600. The normalized spacial score (nSPS) is 22.1. The number of amides is 2. The van der Waals surface area contributed by atoms with Gasteiger partial charge in [0.25, 0.3) is 0 Å². The molecule has 1 fully saturated rings. The molecule has 9 heteroatoms. The molecule has 3 aliphatic rings. The van der Waals surface area contributed by atoms with E-state index in [1.165, 1.54) is 4.31 Å². The third-order valence-electron chi connectivity index (χ3n) is 5.97. The predicted octanol–water partition coefficient (Wildman–Crippen LogP) is 0.780. The van der Waals surface area contributed by atoms with Gasteiger partial charge >= 0.3 is 0 Å². The summed E-state index contributed by atoms with van der Waals surface area (Å²) in [6, 6.07) is 3.53. The molecule has 0 N–H and O–H groups in total. The molecule has 0 saturated carbocycles. The molecule has 0 aliphatic carbocycles. The molecule has 0 bridgehead atoms. The third-order valence-corrected chi connectivity index (χ3v) is 7.85. The highest BCUT2D eigenvalue weighted by molar-refractivity contribution is 7.89. The second-order valence-corrected chi connectivity index (χ2v) is 9.77. The number of hydrogen-bond donors (Lipinski definition) is 0. The van der Waals surface area contributed by atoms with Crippen LogP contribution in [0.5, 0.6) is 0 Å². The highest BCUT2D eigenvalue weighted by Gasteiger charge is 2.38. The molecule has 1 atom stereocenters. The van der Waals surface area contributed by atoms with Gasteiger partial charge in [0, 0.05) is 45.2 Å². The van der Waals surface area contributed by atoms with Gasteiger partial charge in [0.2, 0.25) is 21.8 Å². The van der Waals surface area contributed by atoms with Crippen LogP contribution in [-0.2, 0) is 37.2 Å². The first-order valence-electron chi connectivity index (χ1n) is 10.2. The molecular formula is C20H27N3O5S. The summed E-state index contributed by atoms with van der Waals surface area (Å²) >= 11 is 0. The smallest absolute Gasteiger partial charge is 0.248 e. The molecule has 1 saturated heterocycles. The molecule has 0 spiro atoms. The molecule has 1 aromatic rings. The Labute approximate surface area is 171 Å². The maximum Gasteiger partial charge on any atom is 0.248 e. The number of aryl methyl sites for hydroxylation is 1. The first kappa shape index (κ1) is 20.3. The lowest BCUT2D eigenvalue weighted by molar-refractivity contribution is -0.137. The Morgan fingerprint density at radius 1 is 1.14 bits per heavy atom. The summed E-state index contributed by atoms with van der Waals surface area (Å²) in [6.45, 7) is 5.61. The van der Waals surface area contributed by atoms with Crippen LogP contribution in [0.4, 0.5) is 5.69 Å². The van der Waals surface area contributed by atoms with Gasteiger partial charge in [-0.05, 0) is 49.9 Å². The fourth-order valence-corrected chi connectivity index (χ4v) is 6.03. The Hall–Kier alpha value is -1.97. The molecule has 0 aromatic heterocycles. The van der Waals surface area contributed by atoms with E-state index in [2.05, 4.69) is 0 Å². The molecule has 29 heavy (non-hydrogen) atoms. The highest BCUT2D eigenvalue weighted by atomic mass is 32.2. The van der Waals surface area contributed by atoms with Crippen molar-refractivity contribution in [2.75, 3.05) is 44.3 Å². The van der Waals surface area contributed by atoms with Gasteiger partial charge in [0.15, 0.2) is 0 Å². The number of anilines is 1. The number of carbonyl (C=O) groups excluding carboxylic acids is 2. The fourth-order valence-electron chi connectivity index (χ4n) is 4.50. The van der Waals surface area contributed by atoms with E-state index in [4.69, 9.17) is 4.74 Å². The Balaban J connectivity index is 1.53. The van der Waals surface area contributed by atoms with Gasteiger partial charge in [-0.2, -0.15) is 4.31 Å². The number of piperazine rings is 1. The number of sulfonamides is 1. The van der Waals surface area contributed by atoms with E-state index >= 15 is 0 Å². The van der Waals surface area contributed by atoms with Gasteiger partial charge in [-0.1, -0.05) is 0 Å². The Morgan fingerprint density at radius 2 is 1.83 bits per heavy atom. The van der Waals surface area contributed by atoms with Crippen molar-refractivity contribution in [3.05, 3.63) is 23.3 Å². The van der Waals surface area contributed by atoms with E-state index in [0.29, 0.717) is 43.9 Å². The molecular weight excluding hydrogens is 394 g/mol. The van der Waals surface area contributed by atoms with Crippen molar-refractivity contribution in [1.29, 1.82) is 0 Å². The zero-order valence-corrected chi connectivity index (χ0v) is 17.7. The third kappa shape index (κ3) is 3.55. The van der Waals surface area contributed by atoms with Crippen LogP contribution in [0, 0.1) is 0 Å². The zero-order valence-electron chi connectivity index (χ0n) is 16.9. The molecule has 3 heterocycles. The van der Waals surface area contributed by atoms with Crippen LogP contribution in [0.25, 0.3) is 0 Å².